The van der Waals surface area contributed by atoms with Gasteiger partial charge in [0.2, 0.25) is 0 Å². The van der Waals surface area contributed by atoms with Gasteiger partial charge in [-0.25, -0.2) is 0 Å². The molecule has 29 heavy (non-hydrogen) atoms. The maximum absolute atomic E-state index is 13.2. The molecule has 2 heterocycles. The van der Waals surface area contributed by atoms with Gasteiger partial charge in [-0.2, -0.15) is 0 Å². The smallest absolute Gasteiger partial charge is 0.324 e. The summed E-state index contributed by atoms with van der Waals surface area (Å²) in [6.07, 6.45) is 12.4. The third-order valence-corrected chi connectivity index (χ3v) is 9.13. The second kappa shape index (κ2) is 8.32. The van der Waals surface area contributed by atoms with Crippen molar-refractivity contribution >= 4 is 5.97 Å². The number of nitrogens with zero attached hydrogens (tertiary/aromatic N) is 1. The lowest BCUT2D eigenvalue weighted by atomic mass is 9.62. The van der Waals surface area contributed by atoms with Gasteiger partial charge in [-0.05, 0) is 62.2 Å². The molecule has 5 heteroatoms. The molecule has 0 aromatic carbocycles. The lowest BCUT2D eigenvalue weighted by Crippen LogP contribution is -2.70. The average Bonchev–Trinajstić information content (AvgIpc) is 3.41. The van der Waals surface area contributed by atoms with Crippen molar-refractivity contribution in [3.8, 4) is 0 Å². The van der Waals surface area contributed by atoms with Crippen molar-refractivity contribution in [3.05, 3.63) is 12.2 Å². The van der Waals surface area contributed by atoms with E-state index in [4.69, 9.17) is 0 Å². The normalized spacial score (nSPS) is 44.3. The van der Waals surface area contributed by atoms with E-state index >= 15 is 0 Å². The van der Waals surface area contributed by atoms with Crippen LogP contribution in [0.2, 0.25) is 0 Å². The molecule has 2 aliphatic heterocycles. The lowest BCUT2D eigenvalue weighted by Gasteiger charge is -2.57. The number of aliphatic hydroxyl groups excluding tert-OH is 2. The summed E-state index contributed by atoms with van der Waals surface area (Å²) in [6.45, 7) is 4.44. The molecule has 4 rings (SSSR count). The highest BCUT2D eigenvalue weighted by atomic mass is 16.4. The largest absolute Gasteiger partial charge is 0.480 e. The van der Waals surface area contributed by atoms with E-state index in [0.29, 0.717) is 24.3 Å². The second-order valence-corrected chi connectivity index (χ2v) is 10.2. The van der Waals surface area contributed by atoms with Crippen molar-refractivity contribution in [2.24, 2.45) is 29.6 Å². The van der Waals surface area contributed by atoms with Gasteiger partial charge in [-0.1, -0.05) is 45.3 Å². The van der Waals surface area contributed by atoms with Gasteiger partial charge < -0.3 is 15.3 Å². The van der Waals surface area contributed by atoms with Crippen molar-refractivity contribution in [1.82, 2.24) is 4.90 Å². The van der Waals surface area contributed by atoms with Gasteiger partial charge >= 0.3 is 5.97 Å². The minimum atomic E-state index is -0.774. The van der Waals surface area contributed by atoms with Crippen LogP contribution >= 0.6 is 0 Å². The first-order valence-electron chi connectivity index (χ1n) is 11.9. The fraction of sp³-hybridized carbons (Fsp3) is 0.875. The zero-order chi connectivity index (χ0) is 20.8. The Morgan fingerprint density at radius 1 is 1.21 bits per heavy atom. The van der Waals surface area contributed by atoms with Gasteiger partial charge in [0.25, 0.3) is 0 Å². The molecular formula is C24H39NO4. The van der Waals surface area contributed by atoms with Crippen LogP contribution in [0.3, 0.4) is 0 Å². The molecule has 0 bridgehead atoms. The summed E-state index contributed by atoms with van der Waals surface area (Å²) >= 11 is 0. The molecule has 0 spiro atoms. The number of carbonyl (C=O) groups is 1. The van der Waals surface area contributed by atoms with Crippen LogP contribution in [0, 0.1) is 29.6 Å². The van der Waals surface area contributed by atoms with Gasteiger partial charge in [0.1, 0.15) is 5.54 Å². The minimum absolute atomic E-state index is 0.00895. The molecule has 3 N–H and O–H groups in total. The predicted molar refractivity (Wildman–Crippen MR) is 112 cm³/mol. The van der Waals surface area contributed by atoms with E-state index in [-0.39, 0.29) is 30.4 Å². The van der Waals surface area contributed by atoms with Crippen LogP contribution in [0.1, 0.15) is 71.6 Å². The predicted octanol–water partition coefficient (Wildman–Crippen LogP) is 3.44. The van der Waals surface area contributed by atoms with Crippen LogP contribution in [-0.4, -0.2) is 56.5 Å². The zero-order valence-corrected chi connectivity index (χ0v) is 18.0. The fourth-order valence-corrected chi connectivity index (χ4v) is 7.89. The highest BCUT2D eigenvalue weighted by Crippen LogP contribution is 2.59. The quantitative estimate of drug-likeness (QED) is 0.590. The summed E-state index contributed by atoms with van der Waals surface area (Å²) in [5, 5.41) is 30.9. The number of carboxylic acids is 1. The Labute approximate surface area is 175 Å². The Morgan fingerprint density at radius 2 is 1.93 bits per heavy atom. The first-order chi connectivity index (χ1) is 14.0. The van der Waals surface area contributed by atoms with Crippen LogP contribution < -0.4 is 0 Å². The first kappa shape index (κ1) is 21.3. The van der Waals surface area contributed by atoms with Crippen LogP contribution in [0.5, 0.6) is 0 Å². The van der Waals surface area contributed by atoms with Gasteiger partial charge in [-0.3, -0.25) is 9.69 Å². The molecule has 0 aromatic heterocycles. The van der Waals surface area contributed by atoms with E-state index in [2.05, 4.69) is 18.7 Å². The summed E-state index contributed by atoms with van der Waals surface area (Å²) in [5.41, 5.74) is -0.774. The second-order valence-electron chi connectivity index (χ2n) is 10.2. The summed E-state index contributed by atoms with van der Waals surface area (Å²) in [5.74, 6) is 0.535. The summed E-state index contributed by atoms with van der Waals surface area (Å²) in [4.78, 5) is 15.7. The average molecular weight is 406 g/mol. The molecule has 2 saturated heterocycles. The van der Waals surface area contributed by atoms with Gasteiger partial charge in [-0.15, -0.1) is 0 Å². The van der Waals surface area contributed by atoms with Crippen LogP contribution in [0.4, 0.5) is 0 Å². The Hall–Kier alpha value is -0.910. The van der Waals surface area contributed by atoms with Crippen LogP contribution in [0.25, 0.3) is 0 Å². The molecule has 0 radical (unpaired) electrons. The SMILES string of the molecule is CCC(C)C1CCC2C[C@@H]3[C@@H](C=CCO)[C@H](O)C[C@H]3N2C1(C(=O)O)C1CCCC1. The summed E-state index contributed by atoms with van der Waals surface area (Å²) in [6, 6.07) is 0.464. The first-order valence-corrected chi connectivity index (χ1v) is 11.9. The van der Waals surface area contributed by atoms with Crippen molar-refractivity contribution in [1.29, 1.82) is 0 Å². The molecule has 0 amide bonds. The molecule has 4 unspecified atom stereocenters. The number of carboxylic acid groups (broad SMARTS) is 1. The Kier molecular flexibility index (Phi) is 6.12. The van der Waals surface area contributed by atoms with Gasteiger partial charge in [0, 0.05) is 18.0 Å². The Bertz CT molecular complexity index is 630. The van der Waals surface area contributed by atoms with Crippen molar-refractivity contribution in [2.45, 2.75) is 95.4 Å². The molecule has 2 saturated carbocycles. The molecule has 5 nitrogen and oxygen atoms in total. The van der Waals surface area contributed by atoms with Crippen LogP contribution in [0.15, 0.2) is 12.2 Å². The van der Waals surface area contributed by atoms with E-state index in [9.17, 15) is 20.1 Å². The van der Waals surface area contributed by atoms with Gasteiger partial charge in [0.15, 0.2) is 0 Å². The molecule has 4 fully saturated rings. The number of aliphatic hydroxyl groups is 2. The molecule has 4 aliphatic rings. The van der Waals surface area contributed by atoms with E-state index in [1.807, 2.05) is 6.08 Å². The molecular weight excluding hydrogens is 366 g/mol. The minimum Gasteiger partial charge on any atom is -0.480 e. The van der Waals surface area contributed by atoms with Crippen molar-refractivity contribution in [3.63, 3.8) is 0 Å². The van der Waals surface area contributed by atoms with Crippen LogP contribution in [-0.2, 0) is 4.79 Å². The Balaban J connectivity index is 1.77. The van der Waals surface area contributed by atoms with Gasteiger partial charge in [0.05, 0.1) is 12.7 Å². The number of fused-ring (bicyclic) bond motifs is 3. The highest BCUT2D eigenvalue weighted by molar-refractivity contribution is 5.80. The number of rotatable bonds is 6. The lowest BCUT2D eigenvalue weighted by molar-refractivity contribution is -0.177. The Morgan fingerprint density at radius 3 is 2.55 bits per heavy atom. The number of aliphatic carboxylic acids is 1. The third-order valence-electron chi connectivity index (χ3n) is 9.13. The summed E-state index contributed by atoms with van der Waals surface area (Å²) in [7, 11) is 0. The standard InChI is InChI=1S/C24H39NO4/c1-3-15(2)20-11-10-17-13-19-18(9-6-12-26)22(27)14-21(19)25(17)24(20,23(28)29)16-7-4-5-8-16/h6,9,15-22,26-27H,3-5,7-8,10-14H2,1-2H3,(H,28,29)/t15?,17?,18-,19-,20?,21-,22-,24?/m1/s1. The summed E-state index contributed by atoms with van der Waals surface area (Å²) < 4.78 is 0. The van der Waals surface area contributed by atoms with E-state index in [0.717, 1.165) is 51.4 Å². The molecule has 8 atom stereocenters. The number of hydrogen-bond acceptors (Lipinski definition) is 4. The third kappa shape index (κ3) is 3.19. The van der Waals surface area contributed by atoms with E-state index < -0.39 is 17.6 Å². The van der Waals surface area contributed by atoms with Crippen molar-refractivity contribution in [2.75, 3.05) is 6.61 Å². The molecule has 2 aliphatic carbocycles. The zero-order valence-electron chi connectivity index (χ0n) is 18.0. The number of piperidine rings is 1. The maximum Gasteiger partial charge on any atom is 0.324 e. The molecule has 164 valence electrons. The highest BCUT2D eigenvalue weighted by Gasteiger charge is 2.66. The monoisotopic (exact) mass is 405 g/mol. The number of hydrogen-bond donors (Lipinski definition) is 3. The fourth-order valence-electron chi connectivity index (χ4n) is 7.89. The molecule has 0 aromatic rings. The van der Waals surface area contributed by atoms with Crippen molar-refractivity contribution < 1.29 is 20.1 Å². The van der Waals surface area contributed by atoms with E-state index in [1.54, 1.807) is 6.08 Å². The topological polar surface area (TPSA) is 81.0 Å². The maximum atomic E-state index is 13.2. The van der Waals surface area contributed by atoms with E-state index in [1.165, 1.54) is 0 Å².